The van der Waals surface area contributed by atoms with Gasteiger partial charge in [-0.1, -0.05) is 13.0 Å². The van der Waals surface area contributed by atoms with E-state index in [-0.39, 0.29) is 12.2 Å². The van der Waals surface area contributed by atoms with Crippen molar-refractivity contribution in [1.29, 1.82) is 0 Å². The zero-order valence-electron chi connectivity index (χ0n) is 22.1. The molecule has 1 amide bonds. The average molecular weight is 540 g/mol. The van der Waals surface area contributed by atoms with Crippen LogP contribution in [0.2, 0.25) is 0 Å². The van der Waals surface area contributed by atoms with E-state index in [1.807, 2.05) is 12.1 Å². The predicted molar refractivity (Wildman–Crippen MR) is 144 cm³/mol. The average Bonchev–Trinajstić information content (AvgIpc) is 3.35. The Morgan fingerprint density at radius 2 is 2.00 bits per heavy atom. The van der Waals surface area contributed by atoms with Gasteiger partial charge in [0, 0.05) is 24.2 Å². The van der Waals surface area contributed by atoms with Crippen molar-refractivity contribution < 1.29 is 23.0 Å². The minimum atomic E-state index is -1.12. The molecular weight excluding hydrogens is 508 g/mol. The lowest BCUT2D eigenvalue weighted by atomic mass is 10.2. The van der Waals surface area contributed by atoms with Crippen molar-refractivity contribution in [3.8, 4) is 11.5 Å². The van der Waals surface area contributed by atoms with E-state index in [4.69, 9.17) is 9.47 Å². The second-order valence-corrected chi connectivity index (χ2v) is 8.95. The molecule has 0 aliphatic heterocycles. The number of nitrogens with zero attached hydrogens (tertiary/aromatic N) is 5. The van der Waals surface area contributed by atoms with Gasteiger partial charge >= 0.3 is 0 Å². The largest absolute Gasteiger partial charge is 0.493 e. The lowest BCUT2D eigenvalue weighted by Crippen LogP contribution is -2.21. The molecule has 0 saturated heterocycles. The van der Waals surface area contributed by atoms with Gasteiger partial charge in [-0.3, -0.25) is 9.48 Å². The number of hydrogen-bond acceptors (Lipinski definition) is 8. The van der Waals surface area contributed by atoms with Crippen LogP contribution in [0.4, 0.5) is 26.0 Å². The lowest BCUT2D eigenvalue weighted by Gasteiger charge is -2.16. The number of methoxy groups -OCH3 is 1. The van der Waals surface area contributed by atoms with Crippen molar-refractivity contribution >= 4 is 34.0 Å². The molecule has 0 aliphatic carbocycles. The number of amides is 1. The molecule has 0 unspecified atom stereocenters. The monoisotopic (exact) mass is 539 g/mol. The van der Waals surface area contributed by atoms with Gasteiger partial charge in [-0.25, -0.2) is 18.7 Å². The van der Waals surface area contributed by atoms with Crippen LogP contribution in [0.25, 0.3) is 10.9 Å². The fraction of sp³-hybridized carbons (Fsp3) is 0.333. The van der Waals surface area contributed by atoms with E-state index < -0.39 is 17.5 Å². The van der Waals surface area contributed by atoms with Gasteiger partial charge in [0.2, 0.25) is 5.91 Å². The summed E-state index contributed by atoms with van der Waals surface area (Å²) < 4.78 is 40.1. The Morgan fingerprint density at radius 3 is 2.79 bits per heavy atom. The second kappa shape index (κ2) is 13.0. The van der Waals surface area contributed by atoms with E-state index in [9.17, 15) is 13.6 Å². The Kier molecular flexibility index (Phi) is 9.21. The van der Waals surface area contributed by atoms with Crippen molar-refractivity contribution in [2.24, 2.45) is 0 Å². The standard InChI is InChI=1S/C27H31F2N7O3/c1-4-9-35(2)10-6-11-39-24-13-22-19(12-23(24)38-3)27(31-17-30-22)33-18-14-32-36(15-18)16-25(37)34-21-8-5-7-20(28)26(21)29/h5,7-8,12-15,17H,4,6,9-11,16H2,1-3H3,(H,34,37)(H,30,31,33). The molecule has 0 radical (unpaired) electrons. The molecule has 0 saturated carbocycles. The van der Waals surface area contributed by atoms with Crippen LogP contribution in [0.15, 0.2) is 49.1 Å². The van der Waals surface area contributed by atoms with Gasteiger partial charge in [-0.15, -0.1) is 0 Å². The molecule has 0 bridgehead atoms. The smallest absolute Gasteiger partial charge is 0.246 e. The first-order chi connectivity index (χ1) is 18.9. The number of carbonyl (C=O) groups is 1. The van der Waals surface area contributed by atoms with Gasteiger partial charge in [-0.05, 0) is 44.6 Å². The van der Waals surface area contributed by atoms with Gasteiger partial charge in [0.15, 0.2) is 23.1 Å². The normalized spacial score (nSPS) is 11.1. The maximum absolute atomic E-state index is 13.8. The Balaban J connectivity index is 1.42. The molecule has 0 fully saturated rings. The van der Waals surface area contributed by atoms with E-state index in [1.54, 1.807) is 13.3 Å². The minimum absolute atomic E-state index is 0.203. The molecule has 2 heterocycles. The summed E-state index contributed by atoms with van der Waals surface area (Å²) in [7, 11) is 3.67. The number of fused-ring (bicyclic) bond motifs is 1. The van der Waals surface area contributed by atoms with Crippen LogP contribution >= 0.6 is 0 Å². The highest BCUT2D eigenvalue weighted by Gasteiger charge is 2.14. The summed E-state index contributed by atoms with van der Waals surface area (Å²) in [4.78, 5) is 23.3. The first-order valence-corrected chi connectivity index (χ1v) is 12.5. The third-order valence-corrected chi connectivity index (χ3v) is 5.90. The summed E-state index contributed by atoms with van der Waals surface area (Å²) in [5.41, 5.74) is 0.990. The molecule has 206 valence electrons. The van der Waals surface area contributed by atoms with Crippen LogP contribution in [-0.2, 0) is 11.3 Å². The number of halogens is 2. The van der Waals surface area contributed by atoms with Crippen molar-refractivity contribution in [2.75, 3.05) is 44.5 Å². The molecule has 4 aromatic rings. The molecule has 10 nitrogen and oxygen atoms in total. The molecule has 39 heavy (non-hydrogen) atoms. The summed E-state index contributed by atoms with van der Waals surface area (Å²) in [6.07, 6.45) is 6.55. The molecule has 2 N–H and O–H groups in total. The quantitative estimate of drug-likeness (QED) is 0.237. The maximum atomic E-state index is 13.8. The highest BCUT2D eigenvalue weighted by atomic mass is 19.2. The summed E-state index contributed by atoms with van der Waals surface area (Å²) in [6, 6.07) is 7.19. The third-order valence-electron chi connectivity index (χ3n) is 5.90. The summed E-state index contributed by atoms with van der Waals surface area (Å²) in [5.74, 6) is -1.05. The van der Waals surface area contributed by atoms with E-state index in [1.165, 1.54) is 29.3 Å². The first kappa shape index (κ1) is 27.7. The number of aromatic nitrogens is 4. The Bertz CT molecular complexity index is 1430. The molecule has 12 heteroatoms. The van der Waals surface area contributed by atoms with E-state index in [2.05, 4.69) is 44.6 Å². The van der Waals surface area contributed by atoms with Crippen LogP contribution in [0, 0.1) is 11.6 Å². The number of carbonyl (C=O) groups excluding carboxylic acids is 1. The first-order valence-electron chi connectivity index (χ1n) is 12.5. The van der Waals surface area contributed by atoms with Crippen molar-refractivity contribution in [1.82, 2.24) is 24.6 Å². The summed E-state index contributed by atoms with van der Waals surface area (Å²) in [5, 5.41) is 10.4. The SMILES string of the molecule is CCCN(C)CCCOc1cc2ncnc(Nc3cnn(CC(=O)Nc4cccc(F)c4F)c3)c2cc1OC. The Hall–Kier alpha value is -4.32. The van der Waals surface area contributed by atoms with Crippen LogP contribution in [0.3, 0.4) is 0 Å². The highest BCUT2D eigenvalue weighted by Crippen LogP contribution is 2.34. The van der Waals surface area contributed by atoms with E-state index >= 15 is 0 Å². The predicted octanol–water partition coefficient (Wildman–Crippen LogP) is 4.61. The number of anilines is 3. The van der Waals surface area contributed by atoms with Crippen LogP contribution < -0.4 is 20.1 Å². The van der Waals surface area contributed by atoms with Crippen molar-refractivity contribution in [3.05, 3.63) is 60.7 Å². The van der Waals surface area contributed by atoms with Crippen LogP contribution in [-0.4, -0.2) is 64.4 Å². The molecule has 2 aromatic heterocycles. The number of nitrogens with one attached hydrogen (secondary N) is 2. The molecule has 0 aliphatic rings. The third kappa shape index (κ3) is 7.17. The van der Waals surface area contributed by atoms with E-state index in [0.29, 0.717) is 40.5 Å². The number of rotatable bonds is 13. The van der Waals surface area contributed by atoms with Crippen LogP contribution in [0.1, 0.15) is 19.8 Å². The molecular formula is C27H31F2N7O3. The number of hydrogen-bond donors (Lipinski definition) is 2. The van der Waals surface area contributed by atoms with Gasteiger partial charge in [0.05, 0.1) is 36.8 Å². The molecule has 0 spiro atoms. The van der Waals surface area contributed by atoms with Crippen LogP contribution in [0.5, 0.6) is 11.5 Å². The lowest BCUT2D eigenvalue weighted by molar-refractivity contribution is -0.116. The fourth-order valence-electron chi connectivity index (χ4n) is 4.03. The summed E-state index contributed by atoms with van der Waals surface area (Å²) in [6.45, 7) is 4.49. The van der Waals surface area contributed by atoms with Gasteiger partial charge in [-0.2, -0.15) is 5.10 Å². The van der Waals surface area contributed by atoms with Gasteiger partial charge in [0.1, 0.15) is 18.7 Å². The van der Waals surface area contributed by atoms with Crippen molar-refractivity contribution in [2.45, 2.75) is 26.3 Å². The number of ether oxygens (including phenoxy) is 2. The zero-order chi connectivity index (χ0) is 27.8. The molecule has 4 rings (SSSR count). The summed E-state index contributed by atoms with van der Waals surface area (Å²) >= 11 is 0. The Morgan fingerprint density at radius 1 is 1.15 bits per heavy atom. The van der Waals surface area contributed by atoms with Gasteiger partial charge < -0.3 is 25.0 Å². The van der Waals surface area contributed by atoms with E-state index in [0.717, 1.165) is 32.0 Å². The topological polar surface area (TPSA) is 106 Å². The second-order valence-electron chi connectivity index (χ2n) is 8.95. The fourth-order valence-corrected chi connectivity index (χ4v) is 4.03. The highest BCUT2D eigenvalue weighted by molar-refractivity contribution is 5.93. The zero-order valence-corrected chi connectivity index (χ0v) is 22.1. The number of benzene rings is 2. The van der Waals surface area contributed by atoms with Gasteiger partial charge in [0.25, 0.3) is 0 Å². The molecule has 2 aromatic carbocycles. The Labute approximate surface area is 225 Å². The van der Waals surface area contributed by atoms with Crippen molar-refractivity contribution in [3.63, 3.8) is 0 Å². The maximum Gasteiger partial charge on any atom is 0.246 e. The minimum Gasteiger partial charge on any atom is -0.493 e. The molecule has 0 atom stereocenters.